The van der Waals surface area contributed by atoms with E-state index >= 15 is 0 Å². The monoisotopic (exact) mass is 983 g/mol. The van der Waals surface area contributed by atoms with Crippen molar-refractivity contribution in [2.45, 2.75) is 90.9 Å². The van der Waals surface area contributed by atoms with Crippen LogP contribution in [0.15, 0.2) is 170 Å². The molecule has 8 aromatic carbocycles. The van der Waals surface area contributed by atoms with E-state index in [0.717, 1.165) is 19.3 Å². The molecule has 2 aliphatic heterocycles. The van der Waals surface area contributed by atoms with Gasteiger partial charge >= 0.3 is 428 Å². The number of fused-ring (bicyclic) bond motifs is 10. The molecule has 346 valence electrons. The van der Waals surface area contributed by atoms with Crippen molar-refractivity contribution in [2.75, 3.05) is 4.90 Å². The minimum atomic E-state index is -0.0805. The summed E-state index contributed by atoms with van der Waals surface area (Å²) >= 11 is 0.0631. The summed E-state index contributed by atoms with van der Waals surface area (Å²) in [5, 5.41) is 2.82. The molecule has 0 fully saturated rings. The number of benzene rings is 8. The Morgan fingerprint density at radius 1 is 0.451 bits per heavy atom. The van der Waals surface area contributed by atoms with Crippen LogP contribution >= 0.6 is 0 Å². The van der Waals surface area contributed by atoms with Gasteiger partial charge in [0.1, 0.15) is 0 Å². The second kappa shape index (κ2) is 15.9. The van der Waals surface area contributed by atoms with Crippen molar-refractivity contribution >= 4 is 85.8 Å². The van der Waals surface area contributed by atoms with Crippen LogP contribution in [0.5, 0.6) is 0 Å². The summed E-state index contributed by atoms with van der Waals surface area (Å²) in [4.78, 5) is 2.75. The predicted molar refractivity (Wildman–Crippen MR) is 303 cm³/mol. The fourth-order valence-corrected chi connectivity index (χ4v) is 15.5. The van der Waals surface area contributed by atoms with Gasteiger partial charge in [0, 0.05) is 0 Å². The van der Waals surface area contributed by atoms with Crippen molar-refractivity contribution in [1.82, 2.24) is 9.13 Å². The Labute approximate surface area is 425 Å². The average molecular weight is 983 g/mol. The number of aromatic nitrogens is 2. The normalized spacial score (nSPS) is 14.7. The van der Waals surface area contributed by atoms with Crippen LogP contribution in [0.4, 0.5) is 17.1 Å². The van der Waals surface area contributed by atoms with Crippen LogP contribution in [0.25, 0.3) is 55.4 Å². The molecule has 0 saturated carbocycles. The zero-order valence-electron chi connectivity index (χ0n) is 41.7. The molecular formula is C66H58BN3Se. The van der Waals surface area contributed by atoms with E-state index in [-0.39, 0.29) is 32.5 Å². The molecule has 4 aliphatic rings. The van der Waals surface area contributed by atoms with Gasteiger partial charge in [0.05, 0.1) is 0 Å². The summed E-state index contributed by atoms with van der Waals surface area (Å²) in [5.41, 5.74) is 26.9. The first-order valence-corrected chi connectivity index (χ1v) is 27.7. The summed E-state index contributed by atoms with van der Waals surface area (Å²) in [5.74, 6) is 0. The van der Waals surface area contributed by atoms with Crippen molar-refractivity contribution in [3.05, 3.63) is 203 Å². The Bertz CT molecular complexity index is 3760. The summed E-state index contributed by atoms with van der Waals surface area (Å²) in [6.07, 6.45) is 6.95. The molecule has 0 saturated heterocycles. The molecule has 0 unspecified atom stereocenters. The number of aryl methyl sites for hydroxylation is 2. The molecule has 0 spiro atoms. The van der Waals surface area contributed by atoms with E-state index in [4.69, 9.17) is 0 Å². The molecule has 5 heteroatoms. The van der Waals surface area contributed by atoms with Gasteiger partial charge in [0.15, 0.2) is 0 Å². The molecule has 71 heavy (non-hydrogen) atoms. The van der Waals surface area contributed by atoms with Gasteiger partial charge in [0.2, 0.25) is 0 Å². The van der Waals surface area contributed by atoms with Gasteiger partial charge in [-0.1, -0.05) is 0 Å². The van der Waals surface area contributed by atoms with E-state index < -0.39 is 0 Å². The molecular weight excluding hydrogens is 925 g/mol. The Balaban J connectivity index is 1.09. The van der Waals surface area contributed by atoms with Crippen LogP contribution < -0.4 is 30.2 Å². The molecule has 0 bridgehead atoms. The predicted octanol–water partition coefficient (Wildman–Crippen LogP) is 12.7. The fraction of sp³-hybridized carbons (Fsp3) is 0.212. The van der Waals surface area contributed by atoms with Crippen molar-refractivity contribution in [3.63, 3.8) is 0 Å². The van der Waals surface area contributed by atoms with Gasteiger partial charge in [-0.3, -0.25) is 0 Å². The molecule has 10 aromatic rings. The number of para-hydroxylation sites is 2. The van der Waals surface area contributed by atoms with Gasteiger partial charge in [0.25, 0.3) is 0 Å². The van der Waals surface area contributed by atoms with Gasteiger partial charge in [-0.2, -0.15) is 0 Å². The third kappa shape index (κ3) is 6.62. The second-order valence-electron chi connectivity index (χ2n) is 22.7. The maximum atomic E-state index is 2.75. The second-order valence-corrected chi connectivity index (χ2v) is 24.9. The van der Waals surface area contributed by atoms with Crippen LogP contribution in [0.1, 0.15) is 88.0 Å². The average Bonchev–Trinajstić information content (AvgIpc) is 4.18. The minimum absolute atomic E-state index is 0.0631. The van der Waals surface area contributed by atoms with Crippen LogP contribution in [0, 0.1) is 0 Å². The number of nitrogens with zero attached hydrogens (tertiary/aromatic N) is 3. The molecule has 2 aromatic heterocycles. The quantitative estimate of drug-likeness (QED) is 0.157. The van der Waals surface area contributed by atoms with E-state index in [1.807, 2.05) is 0 Å². The molecule has 0 radical (unpaired) electrons. The Morgan fingerprint density at radius 2 is 0.958 bits per heavy atom. The first-order chi connectivity index (χ1) is 34.5. The third-order valence-corrected chi connectivity index (χ3v) is 18.7. The summed E-state index contributed by atoms with van der Waals surface area (Å²) in [6, 6.07) is 66.0. The van der Waals surface area contributed by atoms with Gasteiger partial charge in [-0.05, 0) is 0 Å². The van der Waals surface area contributed by atoms with Crippen LogP contribution in [0.2, 0.25) is 0 Å². The standard InChI is InChI=1S/C66H58BN3Se/c1-65(2,3)43-35-51(41-19-9-7-10-20-41)64(52(36-43)42-21-11-8-12-22-42)70-59-39-45(68-55-27-15-13-23-47(55)49-25-17-29-57(49)68)31-33-53(59)67-54-34-32-46(69-56-28-16-14-24-48(56)50-26-18-30-58(50)69)40-61(54)71-62-38-44(66(4,5)6)37-60(70)63(62)67/h7-16,19-24,27-28,31-40H,17-18,25-26,29-30H2,1-6H3. The Kier molecular flexibility index (Phi) is 9.62. The summed E-state index contributed by atoms with van der Waals surface area (Å²) < 4.78 is 8.22. The topological polar surface area (TPSA) is 13.1 Å². The zero-order valence-corrected chi connectivity index (χ0v) is 43.4. The molecule has 3 nitrogen and oxygen atoms in total. The SMILES string of the molecule is CC(C)(C)c1cc(-c2ccccc2)c(N2c3cc(-n4c5c(c6ccccc64)CCC5)ccc3B3c4ccc(-n5c6c(c7ccccc75)CCC6)cc4[Se]c4cc(C(C)(C)C)cc2c43)c(-c2ccccc2)c1. The van der Waals surface area contributed by atoms with Crippen LogP contribution in [-0.4, -0.2) is 30.8 Å². The number of hydrogen-bond donors (Lipinski definition) is 0. The zero-order chi connectivity index (χ0) is 47.9. The van der Waals surface area contributed by atoms with Crippen molar-refractivity contribution in [1.29, 1.82) is 0 Å². The van der Waals surface area contributed by atoms with E-state index in [1.54, 1.807) is 5.56 Å². The van der Waals surface area contributed by atoms with E-state index in [1.165, 1.54) is 145 Å². The van der Waals surface area contributed by atoms with Crippen LogP contribution in [0.3, 0.4) is 0 Å². The van der Waals surface area contributed by atoms with Gasteiger partial charge in [-0.25, -0.2) is 0 Å². The summed E-state index contributed by atoms with van der Waals surface area (Å²) in [6.45, 7) is 14.4. The van der Waals surface area contributed by atoms with Gasteiger partial charge < -0.3 is 0 Å². The van der Waals surface area contributed by atoms with Crippen molar-refractivity contribution in [2.24, 2.45) is 0 Å². The first kappa shape index (κ1) is 43.0. The first-order valence-electron chi connectivity index (χ1n) is 26.0. The molecule has 0 atom stereocenters. The maximum absolute atomic E-state index is 2.75. The molecule has 14 rings (SSSR count). The fourth-order valence-electron chi connectivity index (χ4n) is 12.9. The third-order valence-electron chi connectivity index (χ3n) is 16.4. The summed E-state index contributed by atoms with van der Waals surface area (Å²) in [7, 11) is 0. The number of hydrogen-bond acceptors (Lipinski definition) is 1. The van der Waals surface area contributed by atoms with E-state index in [0.29, 0.717) is 0 Å². The van der Waals surface area contributed by atoms with E-state index in [2.05, 4.69) is 225 Å². The molecule has 0 amide bonds. The van der Waals surface area contributed by atoms with E-state index in [9.17, 15) is 0 Å². The molecule has 2 aliphatic carbocycles. The number of anilines is 3. The van der Waals surface area contributed by atoms with Crippen molar-refractivity contribution in [3.8, 4) is 33.6 Å². The Morgan fingerprint density at radius 3 is 1.52 bits per heavy atom. The Hall–Kier alpha value is -6.78. The van der Waals surface area contributed by atoms with Gasteiger partial charge in [-0.15, -0.1) is 0 Å². The molecule has 4 heterocycles. The van der Waals surface area contributed by atoms with Crippen LogP contribution in [-0.2, 0) is 36.5 Å². The van der Waals surface area contributed by atoms with Crippen molar-refractivity contribution < 1.29 is 0 Å². The number of rotatable bonds is 5. The molecule has 0 N–H and O–H groups in total.